The smallest absolute Gasteiger partial charge is 0.333 e. The Kier molecular flexibility index (Phi) is 3.79. The van der Waals surface area contributed by atoms with E-state index in [9.17, 15) is 4.79 Å². The third-order valence-electron chi connectivity index (χ3n) is 4.01. The van der Waals surface area contributed by atoms with Gasteiger partial charge in [-0.25, -0.2) is 4.79 Å². The number of piperidine rings is 1. The van der Waals surface area contributed by atoms with Gasteiger partial charge in [-0.2, -0.15) is 0 Å². The lowest BCUT2D eigenvalue weighted by molar-refractivity contribution is -0.154. The Labute approximate surface area is 98.5 Å². The molecule has 0 aliphatic carbocycles. The van der Waals surface area contributed by atoms with Crippen molar-refractivity contribution in [2.24, 2.45) is 5.92 Å². The molecule has 0 bridgehead atoms. The second-order valence-corrected chi connectivity index (χ2v) is 5.38. The highest BCUT2D eigenvalue weighted by Gasteiger charge is 2.41. The predicted molar refractivity (Wildman–Crippen MR) is 65.2 cm³/mol. The van der Waals surface area contributed by atoms with Crippen LogP contribution in [0.5, 0.6) is 0 Å². The first kappa shape index (κ1) is 13.2. The zero-order chi connectivity index (χ0) is 12.5. The highest BCUT2D eigenvalue weighted by molar-refractivity contribution is 5.87. The molecule has 0 aromatic rings. The molecule has 0 aromatic carbocycles. The van der Waals surface area contributed by atoms with E-state index in [-0.39, 0.29) is 17.6 Å². The molecule has 0 spiro atoms. The summed E-state index contributed by atoms with van der Waals surface area (Å²) < 4.78 is 5.48. The lowest BCUT2D eigenvalue weighted by Crippen LogP contribution is -2.56. The molecule has 0 aromatic heterocycles. The average molecular weight is 225 g/mol. The number of carbonyl (C=O) groups is 1. The van der Waals surface area contributed by atoms with Crippen LogP contribution in [0.1, 0.15) is 34.1 Å². The summed E-state index contributed by atoms with van der Waals surface area (Å²) in [5.74, 6) is 0.0618. The van der Waals surface area contributed by atoms with Crippen LogP contribution in [0.2, 0.25) is 0 Å². The lowest BCUT2D eigenvalue weighted by atomic mass is 9.79. The van der Waals surface area contributed by atoms with Gasteiger partial charge < -0.3 is 9.64 Å². The van der Waals surface area contributed by atoms with Crippen molar-refractivity contribution in [2.45, 2.75) is 45.8 Å². The van der Waals surface area contributed by atoms with Gasteiger partial charge in [0.2, 0.25) is 0 Å². The molecular weight excluding hydrogens is 202 g/mol. The van der Waals surface area contributed by atoms with Crippen molar-refractivity contribution < 1.29 is 9.53 Å². The van der Waals surface area contributed by atoms with Gasteiger partial charge in [0.25, 0.3) is 0 Å². The van der Waals surface area contributed by atoms with Gasteiger partial charge in [-0.05, 0) is 34.2 Å². The summed E-state index contributed by atoms with van der Waals surface area (Å²) >= 11 is 0. The van der Waals surface area contributed by atoms with E-state index in [1.165, 1.54) is 0 Å². The van der Waals surface area contributed by atoms with Crippen molar-refractivity contribution in [3.05, 3.63) is 12.2 Å². The Balaban J connectivity index is 2.70. The van der Waals surface area contributed by atoms with E-state index in [0.29, 0.717) is 11.5 Å². The maximum Gasteiger partial charge on any atom is 0.333 e. The van der Waals surface area contributed by atoms with E-state index in [0.717, 1.165) is 13.0 Å². The summed E-state index contributed by atoms with van der Waals surface area (Å²) in [6.45, 7) is 12.8. The first-order valence-corrected chi connectivity index (χ1v) is 5.84. The van der Waals surface area contributed by atoms with Crippen LogP contribution in [-0.2, 0) is 9.53 Å². The predicted octanol–water partition coefficient (Wildman–Crippen LogP) is 2.22. The third kappa shape index (κ3) is 2.46. The Morgan fingerprint density at radius 3 is 2.56 bits per heavy atom. The molecule has 1 saturated heterocycles. The van der Waals surface area contributed by atoms with Crippen LogP contribution >= 0.6 is 0 Å². The minimum atomic E-state index is -0.266. The maximum absolute atomic E-state index is 11.5. The molecule has 3 heteroatoms. The molecule has 0 saturated carbocycles. The number of hydrogen-bond donors (Lipinski definition) is 0. The quantitative estimate of drug-likeness (QED) is 0.533. The SMILES string of the molecule is C=C(C)C(=O)OC1CCN(C)C(C)(C)C1C. The fourth-order valence-electron chi connectivity index (χ4n) is 2.06. The van der Waals surface area contributed by atoms with E-state index in [2.05, 4.69) is 39.3 Å². The van der Waals surface area contributed by atoms with Crippen LogP contribution < -0.4 is 0 Å². The Morgan fingerprint density at radius 2 is 2.06 bits per heavy atom. The number of likely N-dealkylation sites (tertiary alicyclic amines) is 1. The summed E-state index contributed by atoms with van der Waals surface area (Å²) in [6, 6.07) is 0. The van der Waals surface area contributed by atoms with E-state index < -0.39 is 0 Å². The Hall–Kier alpha value is -0.830. The number of rotatable bonds is 2. The van der Waals surface area contributed by atoms with Gasteiger partial charge in [-0.15, -0.1) is 0 Å². The fourth-order valence-corrected chi connectivity index (χ4v) is 2.06. The van der Waals surface area contributed by atoms with Crippen LogP contribution in [0.4, 0.5) is 0 Å². The number of carbonyl (C=O) groups excluding carboxylic acids is 1. The highest BCUT2D eigenvalue weighted by Crippen LogP contribution is 2.33. The van der Waals surface area contributed by atoms with Gasteiger partial charge in [0.1, 0.15) is 6.10 Å². The molecular formula is C13H23NO2. The van der Waals surface area contributed by atoms with Crippen LogP contribution in [0.3, 0.4) is 0 Å². The molecule has 1 aliphatic rings. The van der Waals surface area contributed by atoms with Gasteiger partial charge in [0.05, 0.1) is 0 Å². The second-order valence-electron chi connectivity index (χ2n) is 5.38. The van der Waals surface area contributed by atoms with Crippen molar-refractivity contribution >= 4 is 5.97 Å². The van der Waals surface area contributed by atoms with Crippen molar-refractivity contribution in [1.82, 2.24) is 4.90 Å². The standard InChI is InChI=1S/C13H23NO2/c1-9(2)12(15)16-11-7-8-14(6)13(4,5)10(11)3/h10-11H,1,7-8H2,2-6H3. The minimum Gasteiger partial charge on any atom is -0.459 e. The molecule has 2 atom stereocenters. The van der Waals surface area contributed by atoms with Crippen LogP contribution in [-0.4, -0.2) is 36.1 Å². The molecule has 1 fully saturated rings. The van der Waals surface area contributed by atoms with Gasteiger partial charge in [0, 0.05) is 23.6 Å². The zero-order valence-electron chi connectivity index (χ0n) is 11.0. The summed E-state index contributed by atoms with van der Waals surface area (Å²) in [7, 11) is 2.12. The molecule has 1 heterocycles. The molecule has 0 amide bonds. The summed E-state index contributed by atoms with van der Waals surface area (Å²) in [6.07, 6.45) is 0.913. The monoisotopic (exact) mass is 225 g/mol. The highest BCUT2D eigenvalue weighted by atomic mass is 16.5. The molecule has 0 radical (unpaired) electrons. The third-order valence-corrected chi connectivity index (χ3v) is 4.01. The van der Waals surface area contributed by atoms with Gasteiger partial charge in [-0.3, -0.25) is 0 Å². The maximum atomic E-state index is 11.5. The van der Waals surface area contributed by atoms with E-state index in [1.807, 2.05) is 0 Å². The summed E-state index contributed by atoms with van der Waals surface area (Å²) in [5.41, 5.74) is 0.544. The Bertz CT molecular complexity index is 296. The van der Waals surface area contributed by atoms with Crippen LogP contribution in [0.25, 0.3) is 0 Å². The lowest BCUT2D eigenvalue weighted by Gasteiger charge is -2.48. The molecule has 2 unspecified atom stereocenters. The zero-order valence-corrected chi connectivity index (χ0v) is 11.0. The number of esters is 1. The van der Waals surface area contributed by atoms with Crippen molar-refractivity contribution in [3.8, 4) is 0 Å². The molecule has 1 rings (SSSR count). The molecule has 92 valence electrons. The van der Waals surface area contributed by atoms with Gasteiger partial charge >= 0.3 is 5.97 Å². The topological polar surface area (TPSA) is 29.5 Å². The first-order valence-electron chi connectivity index (χ1n) is 5.84. The van der Waals surface area contributed by atoms with E-state index in [1.54, 1.807) is 6.92 Å². The van der Waals surface area contributed by atoms with Gasteiger partial charge in [-0.1, -0.05) is 13.5 Å². The van der Waals surface area contributed by atoms with Crippen molar-refractivity contribution in [1.29, 1.82) is 0 Å². The number of nitrogens with zero attached hydrogens (tertiary/aromatic N) is 1. The fraction of sp³-hybridized carbons (Fsp3) is 0.769. The second kappa shape index (κ2) is 4.58. The molecule has 1 aliphatic heterocycles. The van der Waals surface area contributed by atoms with E-state index >= 15 is 0 Å². The van der Waals surface area contributed by atoms with Crippen LogP contribution in [0, 0.1) is 5.92 Å². The summed E-state index contributed by atoms with van der Waals surface area (Å²) in [4.78, 5) is 13.8. The molecule has 0 N–H and O–H groups in total. The minimum absolute atomic E-state index is 0.00963. The average Bonchev–Trinajstić information content (AvgIpc) is 2.19. The van der Waals surface area contributed by atoms with Crippen LogP contribution in [0.15, 0.2) is 12.2 Å². The Morgan fingerprint density at radius 1 is 1.50 bits per heavy atom. The normalized spacial score (nSPS) is 29.8. The van der Waals surface area contributed by atoms with Crippen molar-refractivity contribution in [3.63, 3.8) is 0 Å². The van der Waals surface area contributed by atoms with Gasteiger partial charge in [0.15, 0.2) is 0 Å². The largest absolute Gasteiger partial charge is 0.459 e. The number of ether oxygens (including phenoxy) is 1. The van der Waals surface area contributed by atoms with Crippen molar-refractivity contribution in [2.75, 3.05) is 13.6 Å². The van der Waals surface area contributed by atoms with E-state index in [4.69, 9.17) is 4.74 Å². The number of hydrogen-bond acceptors (Lipinski definition) is 3. The first-order chi connectivity index (χ1) is 7.26. The molecule has 3 nitrogen and oxygen atoms in total. The molecule has 16 heavy (non-hydrogen) atoms. The summed E-state index contributed by atoms with van der Waals surface area (Å²) in [5, 5.41) is 0.